The summed E-state index contributed by atoms with van der Waals surface area (Å²) in [6, 6.07) is 6.41. The first-order chi connectivity index (χ1) is 8.06. The number of rotatable bonds is 3. The summed E-state index contributed by atoms with van der Waals surface area (Å²) in [5, 5.41) is 0. The molecule has 17 heavy (non-hydrogen) atoms. The Morgan fingerprint density at radius 3 is 2.76 bits per heavy atom. The largest absolute Gasteiger partial charge is 0.399 e. The lowest BCUT2D eigenvalue weighted by atomic mass is 9.95. The number of anilines is 1. The fraction of sp³-hybridized carbons (Fsp3) is 0.600. The topological polar surface area (TPSA) is 29.3 Å². The second-order valence-electron chi connectivity index (χ2n) is 5.72. The Kier molecular flexibility index (Phi) is 3.72. The number of nitrogens with two attached hydrogens (primary N) is 1. The van der Waals surface area contributed by atoms with E-state index in [0.717, 1.165) is 24.1 Å². The second-order valence-corrected chi connectivity index (χ2v) is 5.72. The van der Waals surface area contributed by atoms with Crippen molar-refractivity contribution in [1.82, 2.24) is 4.90 Å². The molecular formula is C15H24N2. The fourth-order valence-electron chi connectivity index (χ4n) is 2.64. The number of nitrogen functional groups attached to an aromatic ring is 1. The molecule has 0 aromatic heterocycles. The zero-order valence-electron chi connectivity index (χ0n) is 11.2. The molecule has 2 N–H and O–H groups in total. The molecule has 0 spiro atoms. The lowest BCUT2D eigenvalue weighted by Crippen LogP contribution is -2.21. The Hall–Kier alpha value is -1.02. The van der Waals surface area contributed by atoms with E-state index in [2.05, 4.69) is 37.8 Å². The molecule has 2 nitrogen and oxygen atoms in total. The van der Waals surface area contributed by atoms with E-state index < -0.39 is 0 Å². The summed E-state index contributed by atoms with van der Waals surface area (Å²) >= 11 is 0. The van der Waals surface area contributed by atoms with Gasteiger partial charge in [-0.15, -0.1) is 0 Å². The van der Waals surface area contributed by atoms with Crippen LogP contribution in [-0.4, -0.2) is 18.0 Å². The van der Waals surface area contributed by atoms with Crippen molar-refractivity contribution in [3.05, 3.63) is 29.3 Å². The van der Waals surface area contributed by atoms with Crippen LogP contribution in [0.3, 0.4) is 0 Å². The first-order valence-corrected chi connectivity index (χ1v) is 6.63. The molecule has 0 aliphatic carbocycles. The molecule has 0 saturated carbocycles. The Balaban J connectivity index is 1.96. The van der Waals surface area contributed by atoms with Crippen molar-refractivity contribution in [1.29, 1.82) is 0 Å². The highest BCUT2D eigenvalue weighted by atomic mass is 15.1. The quantitative estimate of drug-likeness (QED) is 0.812. The van der Waals surface area contributed by atoms with E-state index in [-0.39, 0.29) is 0 Å². The number of likely N-dealkylation sites (tertiary alicyclic amines) is 1. The molecule has 2 heteroatoms. The van der Waals surface area contributed by atoms with Gasteiger partial charge in [-0.3, -0.25) is 4.90 Å². The molecule has 1 aliphatic rings. The van der Waals surface area contributed by atoms with Crippen molar-refractivity contribution in [2.75, 3.05) is 18.8 Å². The maximum Gasteiger partial charge on any atom is 0.0343 e. The van der Waals surface area contributed by atoms with Gasteiger partial charge in [0.15, 0.2) is 0 Å². The van der Waals surface area contributed by atoms with Crippen LogP contribution in [0.4, 0.5) is 5.69 Å². The van der Waals surface area contributed by atoms with Gasteiger partial charge in [0.2, 0.25) is 0 Å². The predicted molar refractivity (Wildman–Crippen MR) is 73.8 cm³/mol. The van der Waals surface area contributed by atoms with Crippen molar-refractivity contribution >= 4 is 5.69 Å². The molecule has 0 bridgehead atoms. The molecule has 0 radical (unpaired) electrons. The van der Waals surface area contributed by atoms with Gasteiger partial charge in [-0.25, -0.2) is 0 Å². The number of benzene rings is 1. The Morgan fingerprint density at radius 2 is 2.18 bits per heavy atom. The van der Waals surface area contributed by atoms with Crippen LogP contribution < -0.4 is 5.73 Å². The van der Waals surface area contributed by atoms with Crippen molar-refractivity contribution < 1.29 is 0 Å². The molecule has 1 aromatic carbocycles. The average molecular weight is 232 g/mol. The summed E-state index contributed by atoms with van der Waals surface area (Å²) in [6.07, 6.45) is 1.35. The molecular weight excluding hydrogens is 208 g/mol. The first kappa shape index (κ1) is 12.4. The molecule has 0 amide bonds. The van der Waals surface area contributed by atoms with Gasteiger partial charge in [0, 0.05) is 18.8 Å². The van der Waals surface area contributed by atoms with Gasteiger partial charge < -0.3 is 5.73 Å². The Morgan fingerprint density at radius 1 is 1.41 bits per heavy atom. The minimum absolute atomic E-state index is 0.813. The van der Waals surface area contributed by atoms with Gasteiger partial charge in [0.05, 0.1) is 0 Å². The minimum Gasteiger partial charge on any atom is -0.399 e. The maximum absolute atomic E-state index is 5.85. The number of nitrogens with zero attached hydrogens (tertiary/aromatic N) is 1. The van der Waals surface area contributed by atoms with E-state index in [1.807, 2.05) is 6.07 Å². The summed E-state index contributed by atoms with van der Waals surface area (Å²) in [4.78, 5) is 2.57. The smallest absolute Gasteiger partial charge is 0.0343 e. The van der Waals surface area contributed by atoms with Gasteiger partial charge >= 0.3 is 0 Å². The molecule has 1 saturated heterocycles. The third kappa shape index (κ3) is 3.01. The minimum atomic E-state index is 0.813. The van der Waals surface area contributed by atoms with E-state index in [4.69, 9.17) is 5.73 Å². The third-order valence-electron chi connectivity index (χ3n) is 3.99. The highest BCUT2D eigenvalue weighted by Crippen LogP contribution is 2.25. The molecule has 1 aromatic rings. The monoisotopic (exact) mass is 232 g/mol. The zero-order valence-corrected chi connectivity index (χ0v) is 11.2. The molecule has 1 aliphatic heterocycles. The van der Waals surface area contributed by atoms with Crippen LogP contribution >= 0.6 is 0 Å². The maximum atomic E-state index is 5.85. The Labute approximate surface area is 105 Å². The van der Waals surface area contributed by atoms with Crippen LogP contribution in [0.15, 0.2) is 18.2 Å². The number of aryl methyl sites for hydroxylation is 1. The van der Waals surface area contributed by atoms with Crippen LogP contribution in [0, 0.1) is 18.8 Å². The van der Waals surface area contributed by atoms with E-state index in [9.17, 15) is 0 Å². The summed E-state index contributed by atoms with van der Waals surface area (Å²) in [5.41, 5.74) is 9.33. The lowest BCUT2D eigenvalue weighted by molar-refractivity contribution is 0.297. The highest BCUT2D eigenvalue weighted by molar-refractivity contribution is 5.47. The summed E-state index contributed by atoms with van der Waals surface area (Å²) in [7, 11) is 0. The van der Waals surface area contributed by atoms with E-state index in [0.29, 0.717) is 0 Å². The fourth-order valence-corrected chi connectivity index (χ4v) is 2.64. The Bertz CT molecular complexity index is 385. The summed E-state index contributed by atoms with van der Waals surface area (Å²) in [5.74, 6) is 1.69. The predicted octanol–water partition coefficient (Wildman–Crippen LogP) is 3.06. The van der Waals surface area contributed by atoms with E-state index in [1.54, 1.807) is 0 Å². The van der Waals surface area contributed by atoms with Crippen molar-refractivity contribution in [3.63, 3.8) is 0 Å². The molecule has 94 valence electrons. The van der Waals surface area contributed by atoms with Crippen LogP contribution in [-0.2, 0) is 6.54 Å². The zero-order chi connectivity index (χ0) is 12.4. The summed E-state index contributed by atoms with van der Waals surface area (Å²) < 4.78 is 0. The van der Waals surface area contributed by atoms with E-state index in [1.165, 1.54) is 30.6 Å². The van der Waals surface area contributed by atoms with Crippen molar-refractivity contribution in [3.8, 4) is 0 Å². The average Bonchev–Trinajstić information content (AvgIpc) is 2.72. The van der Waals surface area contributed by atoms with Crippen LogP contribution in [0.5, 0.6) is 0 Å². The number of hydrogen-bond acceptors (Lipinski definition) is 2. The third-order valence-corrected chi connectivity index (χ3v) is 3.99. The van der Waals surface area contributed by atoms with Gasteiger partial charge in [-0.2, -0.15) is 0 Å². The standard InChI is InChI=1S/C15H24N2/c1-11(2)14-6-7-17(10-14)9-13-4-5-15(16)12(3)8-13/h4-5,8,11,14H,6-7,9-10,16H2,1-3H3. The molecule has 1 unspecified atom stereocenters. The lowest BCUT2D eigenvalue weighted by Gasteiger charge is -2.18. The second kappa shape index (κ2) is 5.09. The molecule has 1 atom stereocenters. The van der Waals surface area contributed by atoms with Gasteiger partial charge in [0.1, 0.15) is 0 Å². The van der Waals surface area contributed by atoms with E-state index >= 15 is 0 Å². The van der Waals surface area contributed by atoms with Crippen molar-refractivity contribution in [2.45, 2.75) is 33.7 Å². The van der Waals surface area contributed by atoms with Crippen LogP contribution in [0.1, 0.15) is 31.4 Å². The van der Waals surface area contributed by atoms with Gasteiger partial charge in [-0.1, -0.05) is 26.0 Å². The molecule has 2 rings (SSSR count). The molecule has 1 fully saturated rings. The number of hydrogen-bond donors (Lipinski definition) is 1. The van der Waals surface area contributed by atoms with Gasteiger partial charge in [-0.05, 0) is 48.9 Å². The van der Waals surface area contributed by atoms with Gasteiger partial charge in [0.25, 0.3) is 0 Å². The first-order valence-electron chi connectivity index (χ1n) is 6.63. The van der Waals surface area contributed by atoms with Crippen LogP contribution in [0.2, 0.25) is 0 Å². The SMILES string of the molecule is Cc1cc(CN2CCC(C(C)C)C2)ccc1N. The van der Waals surface area contributed by atoms with Crippen LogP contribution in [0.25, 0.3) is 0 Å². The highest BCUT2D eigenvalue weighted by Gasteiger charge is 2.24. The molecule has 1 heterocycles. The normalized spacial score (nSPS) is 21.3. The summed E-state index contributed by atoms with van der Waals surface area (Å²) in [6.45, 7) is 10.3. The van der Waals surface area contributed by atoms with Crippen molar-refractivity contribution in [2.24, 2.45) is 11.8 Å².